The van der Waals surface area contributed by atoms with Crippen molar-refractivity contribution in [1.29, 1.82) is 0 Å². The van der Waals surface area contributed by atoms with Gasteiger partial charge >= 0.3 is 11.9 Å². The minimum absolute atomic E-state index is 0.132. The Labute approximate surface area is 204 Å². The van der Waals surface area contributed by atoms with Gasteiger partial charge in [-0.3, -0.25) is 9.59 Å². The summed E-state index contributed by atoms with van der Waals surface area (Å²) in [5, 5.41) is 1.10. The molecule has 0 unspecified atom stereocenters. The van der Waals surface area contributed by atoms with Crippen molar-refractivity contribution in [2.24, 2.45) is 0 Å². The van der Waals surface area contributed by atoms with Crippen LogP contribution in [0.5, 0.6) is 34.5 Å². The Bertz CT molecular complexity index is 1320. The molecule has 0 N–H and O–H groups in total. The predicted molar refractivity (Wildman–Crippen MR) is 133 cm³/mol. The second kappa shape index (κ2) is 11.2. The van der Waals surface area contributed by atoms with Gasteiger partial charge in [0.15, 0.2) is 11.5 Å². The van der Waals surface area contributed by atoms with E-state index in [0.717, 1.165) is 6.42 Å². The molecule has 0 fully saturated rings. The van der Waals surface area contributed by atoms with Gasteiger partial charge in [0, 0.05) is 24.1 Å². The van der Waals surface area contributed by atoms with Crippen LogP contribution in [0.4, 0.5) is 0 Å². The van der Waals surface area contributed by atoms with Gasteiger partial charge in [0.25, 0.3) is 0 Å². The van der Waals surface area contributed by atoms with Gasteiger partial charge in [-0.05, 0) is 30.7 Å². The fourth-order valence-electron chi connectivity index (χ4n) is 3.56. The molecule has 0 heterocycles. The van der Waals surface area contributed by atoms with Crippen molar-refractivity contribution in [1.82, 2.24) is 0 Å². The lowest BCUT2D eigenvalue weighted by atomic mass is 10.1. The summed E-state index contributed by atoms with van der Waals surface area (Å²) in [6, 6.07) is 25.3. The molecule has 6 nitrogen and oxygen atoms in total. The van der Waals surface area contributed by atoms with E-state index < -0.39 is 5.97 Å². The molecule has 35 heavy (non-hydrogen) atoms. The van der Waals surface area contributed by atoms with Gasteiger partial charge in [-0.25, -0.2) is 0 Å². The topological polar surface area (TPSA) is 71.1 Å². The van der Waals surface area contributed by atoms with E-state index in [2.05, 4.69) is 0 Å². The number of fused-ring (bicyclic) bond motifs is 1. The average Bonchev–Trinajstić information content (AvgIpc) is 2.87. The Morgan fingerprint density at radius 3 is 1.54 bits per heavy atom. The number of para-hydroxylation sites is 2. The Balaban J connectivity index is 1.98. The minimum Gasteiger partial charge on any atom is -0.449 e. The first-order chi connectivity index (χ1) is 17.1. The molecule has 0 saturated carbocycles. The Morgan fingerprint density at radius 2 is 1.09 bits per heavy atom. The fourth-order valence-corrected chi connectivity index (χ4v) is 3.56. The van der Waals surface area contributed by atoms with E-state index in [9.17, 15) is 9.59 Å². The van der Waals surface area contributed by atoms with Gasteiger partial charge in [0.1, 0.15) is 11.5 Å². The molecule has 6 heteroatoms. The molecule has 4 aromatic carbocycles. The predicted octanol–water partition coefficient (Wildman–Crippen LogP) is 7.45. The first-order valence-electron chi connectivity index (χ1n) is 11.5. The molecule has 178 valence electrons. The summed E-state index contributed by atoms with van der Waals surface area (Å²) < 4.78 is 24.0. The zero-order valence-corrected chi connectivity index (χ0v) is 19.7. The number of hydrogen-bond acceptors (Lipinski definition) is 6. The molecule has 0 spiro atoms. The van der Waals surface area contributed by atoms with E-state index in [-0.39, 0.29) is 35.4 Å². The molecule has 0 aliphatic heterocycles. The number of carbonyl (C=O) groups excluding carboxylic acids is 2. The molecule has 0 aliphatic rings. The van der Waals surface area contributed by atoms with Crippen molar-refractivity contribution < 1.29 is 28.5 Å². The maximum absolute atomic E-state index is 12.7. The molecule has 4 rings (SSSR count). The second-order valence-corrected chi connectivity index (χ2v) is 7.86. The van der Waals surface area contributed by atoms with Crippen molar-refractivity contribution in [2.75, 3.05) is 0 Å². The summed E-state index contributed by atoms with van der Waals surface area (Å²) >= 11 is 0. The third-order valence-corrected chi connectivity index (χ3v) is 5.16. The van der Waals surface area contributed by atoms with Gasteiger partial charge in [0.2, 0.25) is 11.5 Å². The van der Waals surface area contributed by atoms with Crippen LogP contribution in [0.25, 0.3) is 10.8 Å². The van der Waals surface area contributed by atoms with Crippen molar-refractivity contribution in [3.05, 3.63) is 84.9 Å². The highest BCUT2D eigenvalue weighted by molar-refractivity contribution is 6.01. The lowest BCUT2D eigenvalue weighted by Gasteiger charge is -2.21. The molecule has 4 aromatic rings. The van der Waals surface area contributed by atoms with Crippen molar-refractivity contribution in [2.45, 2.75) is 33.1 Å². The number of rotatable bonds is 9. The first-order valence-corrected chi connectivity index (χ1v) is 11.5. The van der Waals surface area contributed by atoms with Crippen LogP contribution in [0, 0.1) is 0 Å². The van der Waals surface area contributed by atoms with E-state index in [1.807, 2.05) is 55.5 Å². The lowest BCUT2D eigenvalue weighted by Crippen LogP contribution is -2.10. The van der Waals surface area contributed by atoms with Crippen LogP contribution in [-0.2, 0) is 9.59 Å². The van der Waals surface area contributed by atoms with E-state index in [4.69, 9.17) is 18.9 Å². The number of unbranched alkanes of at least 4 members (excludes halogenated alkanes) is 1. The quantitative estimate of drug-likeness (QED) is 0.187. The first kappa shape index (κ1) is 23.8. The minimum atomic E-state index is -0.522. The van der Waals surface area contributed by atoms with Gasteiger partial charge in [-0.15, -0.1) is 0 Å². The second-order valence-electron chi connectivity index (χ2n) is 7.86. The van der Waals surface area contributed by atoms with Crippen LogP contribution in [-0.4, -0.2) is 11.9 Å². The summed E-state index contributed by atoms with van der Waals surface area (Å²) in [4.78, 5) is 24.9. The summed E-state index contributed by atoms with van der Waals surface area (Å²) in [6.45, 7) is 3.32. The molecule has 0 atom stereocenters. The smallest absolute Gasteiger partial charge is 0.311 e. The van der Waals surface area contributed by atoms with Gasteiger partial charge in [0.05, 0.1) is 0 Å². The summed E-state index contributed by atoms with van der Waals surface area (Å²) in [5.41, 5.74) is 0. The van der Waals surface area contributed by atoms with Gasteiger partial charge < -0.3 is 18.9 Å². The third-order valence-electron chi connectivity index (χ3n) is 5.16. The maximum Gasteiger partial charge on any atom is 0.311 e. The Kier molecular flexibility index (Phi) is 7.63. The summed E-state index contributed by atoms with van der Waals surface area (Å²) in [7, 11) is 0. The van der Waals surface area contributed by atoms with Crippen LogP contribution in [0.15, 0.2) is 84.9 Å². The van der Waals surface area contributed by atoms with Crippen LogP contribution in [0.1, 0.15) is 33.1 Å². The maximum atomic E-state index is 12.7. The van der Waals surface area contributed by atoms with E-state index in [1.54, 1.807) is 36.4 Å². The molecule has 0 radical (unpaired) electrons. The SMILES string of the molecule is CCCCC(=O)Oc1c(Oc2ccccc2)c(Oc2ccccc2)c(OC(C)=O)c2ccccc12. The molecule has 0 amide bonds. The summed E-state index contributed by atoms with van der Waals surface area (Å²) in [6.07, 6.45) is 1.82. The van der Waals surface area contributed by atoms with Gasteiger partial charge in [-0.1, -0.05) is 74.0 Å². The van der Waals surface area contributed by atoms with Crippen LogP contribution in [0.3, 0.4) is 0 Å². The highest BCUT2D eigenvalue weighted by atomic mass is 16.6. The molecule has 0 saturated heterocycles. The molecular weight excluding hydrogens is 444 g/mol. The van der Waals surface area contributed by atoms with Gasteiger partial charge in [-0.2, -0.15) is 0 Å². The zero-order chi connectivity index (χ0) is 24.6. The third kappa shape index (κ3) is 5.79. The highest BCUT2D eigenvalue weighted by Crippen LogP contribution is 2.54. The lowest BCUT2D eigenvalue weighted by molar-refractivity contribution is -0.134. The molecule has 0 aliphatic carbocycles. The number of benzene rings is 4. The van der Waals surface area contributed by atoms with Crippen LogP contribution >= 0.6 is 0 Å². The number of carbonyl (C=O) groups is 2. The van der Waals surface area contributed by atoms with Crippen LogP contribution in [0.2, 0.25) is 0 Å². The van der Waals surface area contributed by atoms with E-state index in [1.165, 1.54) is 6.92 Å². The standard InChI is InChI=1S/C29H26O6/c1-3-4-19-25(31)35-27-24-18-12-11-17-23(24)26(32-20(2)30)28(33-21-13-7-5-8-14-21)29(27)34-22-15-9-6-10-16-22/h5-18H,3-4,19H2,1-2H3. The van der Waals surface area contributed by atoms with Crippen molar-refractivity contribution >= 4 is 22.7 Å². The zero-order valence-electron chi connectivity index (χ0n) is 19.7. The Morgan fingerprint density at radius 1 is 0.629 bits per heavy atom. The van der Waals surface area contributed by atoms with Crippen molar-refractivity contribution in [3.8, 4) is 34.5 Å². The number of esters is 2. The monoisotopic (exact) mass is 470 g/mol. The summed E-state index contributed by atoms with van der Waals surface area (Å²) in [5.74, 6) is 0.737. The van der Waals surface area contributed by atoms with E-state index >= 15 is 0 Å². The fraction of sp³-hybridized carbons (Fsp3) is 0.172. The Hall–Kier alpha value is -4.32. The van der Waals surface area contributed by atoms with E-state index in [0.29, 0.717) is 28.7 Å². The highest BCUT2D eigenvalue weighted by Gasteiger charge is 2.28. The molecule has 0 aromatic heterocycles. The normalized spacial score (nSPS) is 10.6. The largest absolute Gasteiger partial charge is 0.449 e. The van der Waals surface area contributed by atoms with Crippen molar-refractivity contribution in [3.63, 3.8) is 0 Å². The molecular formula is C29H26O6. The average molecular weight is 471 g/mol. The molecule has 0 bridgehead atoms. The number of hydrogen-bond donors (Lipinski definition) is 0. The number of ether oxygens (including phenoxy) is 4. The van der Waals surface area contributed by atoms with Crippen LogP contribution < -0.4 is 18.9 Å².